The van der Waals surface area contributed by atoms with Crippen molar-refractivity contribution in [3.63, 3.8) is 0 Å². The van der Waals surface area contributed by atoms with E-state index in [0.717, 1.165) is 31.0 Å². The van der Waals surface area contributed by atoms with Gasteiger partial charge in [-0.25, -0.2) is 0 Å². The fourth-order valence-electron chi connectivity index (χ4n) is 3.81. The maximum Gasteiger partial charge on any atom is 0.0349 e. The standard InChI is InChI=1S/C14H29N3/c1-11-4-5-14(12(2)8-11)17-7-6-16(3)10-13(17)9-15/h11-14H,4-10,15H2,1-3H3. The molecule has 0 radical (unpaired) electrons. The average Bonchev–Trinajstić information content (AvgIpc) is 2.30. The highest BCUT2D eigenvalue weighted by molar-refractivity contribution is 4.91. The lowest BCUT2D eigenvalue weighted by atomic mass is 9.78. The van der Waals surface area contributed by atoms with Crippen LogP contribution in [0.15, 0.2) is 0 Å². The molecule has 2 fully saturated rings. The summed E-state index contributed by atoms with van der Waals surface area (Å²) < 4.78 is 0. The molecule has 3 heteroatoms. The van der Waals surface area contributed by atoms with Gasteiger partial charge in [0.2, 0.25) is 0 Å². The molecule has 0 spiro atoms. The molecule has 1 aliphatic heterocycles. The van der Waals surface area contributed by atoms with Gasteiger partial charge >= 0.3 is 0 Å². The van der Waals surface area contributed by atoms with Crippen LogP contribution in [0.1, 0.15) is 33.1 Å². The van der Waals surface area contributed by atoms with Gasteiger partial charge < -0.3 is 10.6 Å². The van der Waals surface area contributed by atoms with Crippen LogP contribution in [0.4, 0.5) is 0 Å². The van der Waals surface area contributed by atoms with Crippen molar-refractivity contribution in [3.8, 4) is 0 Å². The fourth-order valence-corrected chi connectivity index (χ4v) is 3.81. The van der Waals surface area contributed by atoms with E-state index in [0.29, 0.717) is 6.04 Å². The first kappa shape index (κ1) is 13.3. The predicted molar refractivity (Wildman–Crippen MR) is 73.0 cm³/mol. The summed E-state index contributed by atoms with van der Waals surface area (Å²) in [5.41, 5.74) is 5.97. The molecule has 17 heavy (non-hydrogen) atoms. The van der Waals surface area contributed by atoms with Gasteiger partial charge in [-0.1, -0.05) is 13.8 Å². The predicted octanol–water partition coefficient (Wildman–Crippen LogP) is 1.39. The molecule has 1 saturated carbocycles. The van der Waals surface area contributed by atoms with Gasteiger partial charge in [0.1, 0.15) is 0 Å². The SMILES string of the molecule is CC1CCC(N2CCN(C)CC2CN)C(C)C1. The third-order valence-corrected chi connectivity index (χ3v) is 4.82. The summed E-state index contributed by atoms with van der Waals surface area (Å²) in [7, 11) is 2.21. The third kappa shape index (κ3) is 3.01. The monoisotopic (exact) mass is 239 g/mol. The number of likely N-dealkylation sites (N-methyl/N-ethyl adjacent to an activating group) is 1. The molecule has 4 unspecified atom stereocenters. The number of hydrogen-bond donors (Lipinski definition) is 1. The molecule has 1 saturated heterocycles. The Kier molecular flexibility index (Phi) is 4.45. The summed E-state index contributed by atoms with van der Waals surface area (Å²) in [6, 6.07) is 1.36. The van der Waals surface area contributed by atoms with Crippen molar-refractivity contribution in [3.05, 3.63) is 0 Å². The van der Waals surface area contributed by atoms with Gasteiger partial charge in [0.05, 0.1) is 0 Å². The molecule has 4 atom stereocenters. The molecule has 100 valence electrons. The molecule has 2 rings (SSSR count). The minimum atomic E-state index is 0.578. The lowest BCUT2D eigenvalue weighted by Crippen LogP contribution is -2.60. The van der Waals surface area contributed by atoms with Gasteiger partial charge in [0.25, 0.3) is 0 Å². The van der Waals surface area contributed by atoms with Crippen LogP contribution in [0.25, 0.3) is 0 Å². The second-order valence-electron chi connectivity index (χ2n) is 6.35. The van der Waals surface area contributed by atoms with Crippen molar-refractivity contribution in [2.75, 3.05) is 33.2 Å². The summed E-state index contributed by atoms with van der Waals surface area (Å²) >= 11 is 0. The Bertz CT molecular complexity index is 244. The van der Waals surface area contributed by atoms with Crippen LogP contribution in [0, 0.1) is 11.8 Å². The van der Waals surface area contributed by atoms with Gasteiger partial charge in [0, 0.05) is 38.3 Å². The Morgan fingerprint density at radius 2 is 1.94 bits per heavy atom. The zero-order valence-electron chi connectivity index (χ0n) is 11.7. The van der Waals surface area contributed by atoms with E-state index in [-0.39, 0.29) is 0 Å². The average molecular weight is 239 g/mol. The van der Waals surface area contributed by atoms with Crippen molar-refractivity contribution in [1.29, 1.82) is 0 Å². The van der Waals surface area contributed by atoms with Gasteiger partial charge in [-0.15, -0.1) is 0 Å². The van der Waals surface area contributed by atoms with Crippen LogP contribution in [-0.4, -0.2) is 55.1 Å². The zero-order chi connectivity index (χ0) is 12.4. The molecule has 0 aromatic carbocycles. The summed E-state index contributed by atoms with van der Waals surface area (Å²) in [6.07, 6.45) is 4.18. The van der Waals surface area contributed by atoms with E-state index in [2.05, 4.69) is 30.7 Å². The van der Waals surface area contributed by atoms with E-state index in [4.69, 9.17) is 5.73 Å². The lowest BCUT2D eigenvalue weighted by molar-refractivity contribution is 0.0117. The summed E-state index contributed by atoms with van der Waals surface area (Å²) in [5, 5.41) is 0. The maximum atomic E-state index is 5.97. The van der Waals surface area contributed by atoms with Crippen LogP contribution in [0.5, 0.6) is 0 Å². The largest absolute Gasteiger partial charge is 0.329 e. The molecule has 0 aromatic heterocycles. The van der Waals surface area contributed by atoms with Gasteiger partial charge in [0.15, 0.2) is 0 Å². The number of hydrogen-bond acceptors (Lipinski definition) is 3. The Balaban J connectivity index is 2.00. The number of rotatable bonds is 2. The highest BCUT2D eigenvalue weighted by atomic mass is 15.3. The second kappa shape index (κ2) is 5.68. The summed E-state index contributed by atoms with van der Waals surface area (Å²) in [4.78, 5) is 5.14. The van der Waals surface area contributed by atoms with Gasteiger partial charge in [-0.3, -0.25) is 4.90 Å². The summed E-state index contributed by atoms with van der Waals surface area (Å²) in [6.45, 7) is 9.21. The first-order valence-corrected chi connectivity index (χ1v) is 7.26. The van der Waals surface area contributed by atoms with Crippen molar-refractivity contribution in [2.45, 2.75) is 45.2 Å². The Hall–Kier alpha value is -0.120. The smallest absolute Gasteiger partial charge is 0.0349 e. The first-order chi connectivity index (χ1) is 8.11. The molecule has 3 nitrogen and oxygen atoms in total. The van der Waals surface area contributed by atoms with Gasteiger partial charge in [-0.2, -0.15) is 0 Å². The maximum absolute atomic E-state index is 5.97. The third-order valence-electron chi connectivity index (χ3n) is 4.82. The highest BCUT2D eigenvalue weighted by Crippen LogP contribution is 2.33. The van der Waals surface area contributed by atoms with Crippen LogP contribution in [0.3, 0.4) is 0 Å². The first-order valence-electron chi connectivity index (χ1n) is 7.26. The van der Waals surface area contributed by atoms with E-state index >= 15 is 0 Å². The number of nitrogens with zero attached hydrogens (tertiary/aromatic N) is 2. The Morgan fingerprint density at radius 1 is 1.18 bits per heavy atom. The lowest BCUT2D eigenvalue weighted by Gasteiger charge is -2.48. The highest BCUT2D eigenvalue weighted by Gasteiger charge is 2.35. The van der Waals surface area contributed by atoms with Crippen LogP contribution in [-0.2, 0) is 0 Å². The van der Waals surface area contributed by atoms with Gasteiger partial charge in [-0.05, 0) is 38.1 Å². The van der Waals surface area contributed by atoms with Crippen LogP contribution < -0.4 is 5.73 Å². The van der Waals surface area contributed by atoms with Crippen LogP contribution in [0.2, 0.25) is 0 Å². The second-order valence-corrected chi connectivity index (χ2v) is 6.35. The molecule has 1 heterocycles. The fraction of sp³-hybridized carbons (Fsp3) is 1.00. The van der Waals surface area contributed by atoms with Crippen molar-refractivity contribution in [1.82, 2.24) is 9.80 Å². The quantitative estimate of drug-likeness (QED) is 0.790. The molecule has 2 aliphatic rings. The Morgan fingerprint density at radius 3 is 2.59 bits per heavy atom. The van der Waals surface area contributed by atoms with Crippen molar-refractivity contribution >= 4 is 0 Å². The van der Waals surface area contributed by atoms with Crippen molar-refractivity contribution < 1.29 is 0 Å². The normalized spacial score (nSPS) is 41.6. The number of piperazine rings is 1. The molecule has 0 amide bonds. The van der Waals surface area contributed by atoms with Crippen molar-refractivity contribution in [2.24, 2.45) is 17.6 Å². The zero-order valence-corrected chi connectivity index (χ0v) is 11.7. The molecular weight excluding hydrogens is 210 g/mol. The van der Waals surface area contributed by atoms with E-state index in [9.17, 15) is 0 Å². The molecule has 0 bridgehead atoms. The molecule has 0 aromatic rings. The van der Waals surface area contributed by atoms with E-state index in [1.165, 1.54) is 32.4 Å². The minimum absolute atomic E-state index is 0.578. The van der Waals surface area contributed by atoms with E-state index < -0.39 is 0 Å². The topological polar surface area (TPSA) is 32.5 Å². The molecule has 2 N–H and O–H groups in total. The molecule has 1 aliphatic carbocycles. The minimum Gasteiger partial charge on any atom is -0.329 e. The Labute approximate surface area is 106 Å². The summed E-state index contributed by atoms with van der Waals surface area (Å²) in [5.74, 6) is 1.77. The molecular formula is C14H29N3. The number of nitrogens with two attached hydrogens (primary N) is 1. The van der Waals surface area contributed by atoms with E-state index in [1.807, 2.05) is 0 Å². The van der Waals surface area contributed by atoms with E-state index in [1.54, 1.807) is 0 Å². The van der Waals surface area contributed by atoms with Crippen LogP contribution >= 0.6 is 0 Å².